The minimum absolute atomic E-state index is 0.137. The SMILES string of the molecule is COc1ccc(CCCO)cc1OC.COc1ccc(CCO)cc1OC.Cc1ccc(CCO)cc1.Cc1cccc(CCO)c1.Cc1ccccc1CCO.OCCc1ccc(Cl)c(Cl)c1. The topological polar surface area (TPSA) is 158 Å². The molecule has 372 valence electrons. The molecule has 0 saturated heterocycles. The number of benzene rings is 6. The van der Waals surface area contributed by atoms with Gasteiger partial charge in [-0.3, -0.25) is 0 Å². The Morgan fingerprint density at radius 2 is 0.794 bits per heavy atom. The van der Waals surface area contributed by atoms with Crippen molar-refractivity contribution in [3.63, 3.8) is 0 Å². The molecule has 0 bridgehead atoms. The third-order valence-electron chi connectivity index (χ3n) is 9.95. The summed E-state index contributed by atoms with van der Waals surface area (Å²) in [5.41, 5.74) is 10.6. The van der Waals surface area contributed by atoms with E-state index in [0.717, 1.165) is 60.3 Å². The van der Waals surface area contributed by atoms with Crippen molar-refractivity contribution in [1.82, 2.24) is 0 Å². The van der Waals surface area contributed by atoms with Crippen molar-refractivity contribution in [3.05, 3.63) is 188 Å². The summed E-state index contributed by atoms with van der Waals surface area (Å²) in [6.07, 6.45) is 5.19. The first-order valence-corrected chi connectivity index (χ1v) is 23.3. The molecular weight excluding hydrogens is 904 g/mol. The maximum absolute atomic E-state index is 8.74. The highest BCUT2D eigenvalue weighted by molar-refractivity contribution is 6.42. The maximum atomic E-state index is 8.74. The van der Waals surface area contributed by atoms with E-state index in [4.69, 9.17) is 72.8 Å². The molecule has 68 heavy (non-hydrogen) atoms. The molecule has 0 aliphatic heterocycles. The molecule has 6 rings (SSSR count). The fourth-order valence-corrected chi connectivity index (χ4v) is 6.52. The van der Waals surface area contributed by atoms with E-state index in [2.05, 4.69) is 51.1 Å². The molecule has 0 saturated carbocycles. The van der Waals surface area contributed by atoms with Crippen molar-refractivity contribution in [2.24, 2.45) is 0 Å². The molecule has 0 unspecified atom stereocenters. The molecule has 0 atom stereocenters. The Kier molecular flexibility index (Phi) is 33.8. The first kappa shape index (κ1) is 60.9. The number of hydrogen-bond acceptors (Lipinski definition) is 10. The number of rotatable bonds is 17. The highest BCUT2D eigenvalue weighted by Crippen LogP contribution is 2.29. The number of ether oxygens (including phenoxy) is 4. The Morgan fingerprint density at radius 1 is 0.353 bits per heavy atom. The summed E-state index contributed by atoms with van der Waals surface area (Å²) in [5.74, 6) is 2.89. The predicted octanol–water partition coefficient (Wildman–Crippen LogP) is 9.98. The van der Waals surface area contributed by atoms with Crippen LogP contribution in [0.1, 0.15) is 56.5 Å². The third kappa shape index (κ3) is 25.8. The van der Waals surface area contributed by atoms with E-state index in [1.807, 2.05) is 84.9 Å². The number of aryl methyl sites for hydroxylation is 4. The van der Waals surface area contributed by atoms with E-state index in [0.29, 0.717) is 34.4 Å². The molecule has 0 heterocycles. The van der Waals surface area contributed by atoms with Gasteiger partial charge < -0.3 is 49.6 Å². The van der Waals surface area contributed by atoms with Gasteiger partial charge >= 0.3 is 0 Å². The van der Waals surface area contributed by atoms with Gasteiger partial charge in [-0.25, -0.2) is 0 Å². The van der Waals surface area contributed by atoms with Gasteiger partial charge in [0.05, 0.1) is 38.5 Å². The molecule has 0 fully saturated rings. The van der Waals surface area contributed by atoms with Gasteiger partial charge in [-0.15, -0.1) is 0 Å². The van der Waals surface area contributed by atoms with E-state index in [9.17, 15) is 0 Å². The van der Waals surface area contributed by atoms with Crippen LogP contribution in [0.4, 0.5) is 0 Å². The summed E-state index contributed by atoms with van der Waals surface area (Å²) in [6, 6.07) is 41.3. The van der Waals surface area contributed by atoms with E-state index in [1.54, 1.807) is 40.6 Å². The first-order chi connectivity index (χ1) is 32.9. The first-order valence-electron chi connectivity index (χ1n) is 22.5. The van der Waals surface area contributed by atoms with Gasteiger partial charge in [0.15, 0.2) is 23.0 Å². The molecule has 0 aromatic heterocycles. The summed E-state index contributed by atoms with van der Waals surface area (Å²) in [7, 11) is 6.43. The van der Waals surface area contributed by atoms with Crippen molar-refractivity contribution >= 4 is 23.2 Å². The van der Waals surface area contributed by atoms with Crippen LogP contribution in [0.3, 0.4) is 0 Å². The molecule has 10 nitrogen and oxygen atoms in total. The van der Waals surface area contributed by atoms with Gasteiger partial charge in [-0.2, -0.15) is 0 Å². The van der Waals surface area contributed by atoms with Crippen molar-refractivity contribution in [3.8, 4) is 23.0 Å². The van der Waals surface area contributed by atoms with Crippen LogP contribution in [-0.2, 0) is 38.5 Å². The molecule has 6 aromatic rings. The van der Waals surface area contributed by atoms with Crippen LogP contribution in [-0.4, -0.2) is 98.7 Å². The van der Waals surface area contributed by atoms with E-state index >= 15 is 0 Å². The Hall–Kier alpha value is -5.14. The molecule has 0 spiro atoms. The van der Waals surface area contributed by atoms with E-state index in [-0.39, 0.29) is 39.6 Å². The highest BCUT2D eigenvalue weighted by Gasteiger charge is 2.05. The largest absolute Gasteiger partial charge is 0.493 e. The normalized spacial score (nSPS) is 9.87. The van der Waals surface area contributed by atoms with Crippen LogP contribution in [0.5, 0.6) is 23.0 Å². The van der Waals surface area contributed by atoms with Crippen LogP contribution in [0.25, 0.3) is 0 Å². The summed E-state index contributed by atoms with van der Waals surface area (Å²) in [6.45, 7) is 7.40. The minimum atomic E-state index is 0.137. The van der Waals surface area contributed by atoms with Crippen LogP contribution in [0.15, 0.2) is 127 Å². The van der Waals surface area contributed by atoms with Crippen molar-refractivity contribution < 1.29 is 49.6 Å². The van der Waals surface area contributed by atoms with Crippen molar-refractivity contribution in [2.45, 2.75) is 65.7 Å². The lowest BCUT2D eigenvalue weighted by Gasteiger charge is -2.08. The molecule has 12 heteroatoms. The molecule has 0 aliphatic carbocycles. The zero-order chi connectivity index (χ0) is 50.5. The molecule has 6 aromatic carbocycles. The summed E-state index contributed by atoms with van der Waals surface area (Å²) in [5, 5.41) is 53.0. The second-order valence-electron chi connectivity index (χ2n) is 15.2. The summed E-state index contributed by atoms with van der Waals surface area (Å²) in [4.78, 5) is 0. The van der Waals surface area contributed by atoms with Crippen LogP contribution < -0.4 is 18.9 Å². The van der Waals surface area contributed by atoms with Crippen LogP contribution in [0.2, 0.25) is 10.0 Å². The Labute approximate surface area is 415 Å². The number of methoxy groups -OCH3 is 4. The standard InChI is InChI=1S/C11H16O3.C10H14O3.3C9H12O.C8H8Cl2O/c1-13-10-6-5-9(4-3-7-12)8-11(10)14-2;1-12-9-4-3-8(5-6-11)7-10(9)13-2;1-8-2-4-9(5-3-8)6-7-10;1-8-3-2-4-9(7-8)5-6-10;1-8-4-2-3-5-9(8)6-7-10;9-7-2-1-6(3-4-11)5-8(7)10/h5-6,8,12H,3-4,7H2,1-2H3;3-4,7,11H,5-6H2,1-2H3;2-5,10H,6-7H2,1H3;2-4,7,10H,5-6H2,1H3;2-5,10H,6-7H2,1H3;1-2,5,11H,3-4H2. The van der Waals surface area contributed by atoms with Crippen LogP contribution >= 0.6 is 23.2 Å². The smallest absolute Gasteiger partial charge is 0.160 e. The monoisotopic (exact) mass is 976 g/mol. The lowest BCUT2D eigenvalue weighted by Crippen LogP contribution is -1.94. The zero-order valence-corrected chi connectivity index (χ0v) is 42.4. The number of aliphatic hydroxyl groups is 6. The second-order valence-corrected chi connectivity index (χ2v) is 16.0. The summed E-state index contributed by atoms with van der Waals surface area (Å²) >= 11 is 11.4. The average Bonchev–Trinajstić information content (AvgIpc) is 3.35. The van der Waals surface area contributed by atoms with Crippen molar-refractivity contribution in [2.75, 3.05) is 68.1 Å². The maximum Gasteiger partial charge on any atom is 0.160 e. The fraction of sp³-hybridized carbons (Fsp3) is 0.357. The van der Waals surface area contributed by atoms with Gasteiger partial charge in [-0.1, -0.05) is 125 Å². The van der Waals surface area contributed by atoms with Gasteiger partial charge in [0, 0.05) is 39.6 Å². The van der Waals surface area contributed by atoms with Gasteiger partial charge in [0.1, 0.15) is 0 Å². The average molecular weight is 978 g/mol. The highest BCUT2D eigenvalue weighted by atomic mass is 35.5. The van der Waals surface area contributed by atoms with Crippen molar-refractivity contribution in [1.29, 1.82) is 0 Å². The molecule has 6 N–H and O–H groups in total. The zero-order valence-electron chi connectivity index (χ0n) is 40.9. The molecule has 0 radical (unpaired) electrons. The number of hydrogen-bond donors (Lipinski definition) is 6. The Morgan fingerprint density at radius 3 is 1.25 bits per heavy atom. The summed E-state index contributed by atoms with van der Waals surface area (Å²) < 4.78 is 20.5. The Bertz CT molecular complexity index is 2220. The lowest BCUT2D eigenvalue weighted by atomic mass is 10.1. The van der Waals surface area contributed by atoms with Gasteiger partial charge in [0.25, 0.3) is 0 Å². The third-order valence-corrected chi connectivity index (χ3v) is 10.7. The Balaban J connectivity index is 0.000000410. The van der Waals surface area contributed by atoms with Gasteiger partial charge in [-0.05, 0) is 141 Å². The molecule has 0 amide bonds. The van der Waals surface area contributed by atoms with E-state index < -0.39 is 0 Å². The number of aliphatic hydroxyl groups excluding tert-OH is 6. The van der Waals surface area contributed by atoms with Gasteiger partial charge in [0.2, 0.25) is 0 Å². The lowest BCUT2D eigenvalue weighted by molar-refractivity contribution is 0.288. The quantitative estimate of drug-likeness (QED) is 0.0520. The van der Waals surface area contributed by atoms with E-state index in [1.165, 1.54) is 33.4 Å². The second kappa shape index (κ2) is 37.8. The number of halogens is 2. The van der Waals surface area contributed by atoms with Crippen LogP contribution in [0, 0.1) is 20.8 Å². The molecular formula is C56H74Cl2O10. The molecule has 0 aliphatic rings. The predicted molar refractivity (Wildman–Crippen MR) is 278 cm³/mol. The minimum Gasteiger partial charge on any atom is -0.493 e. The fourth-order valence-electron chi connectivity index (χ4n) is 6.20.